The highest BCUT2D eigenvalue weighted by Crippen LogP contribution is 2.29. The summed E-state index contributed by atoms with van der Waals surface area (Å²) in [5.41, 5.74) is 0.332. The predicted molar refractivity (Wildman–Crippen MR) is 104 cm³/mol. The summed E-state index contributed by atoms with van der Waals surface area (Å²) in [7, 11) is -2.10. The van der Waals surface area contributed by atoms with Crippen molar-refractivity contribution >= 4 is 15.9 Å². The van der Waals surface area contributed by atoms with Gasteiger partial charge in [0.1, 0.15) is 5.75 Å². The molecule has 0 aromatic heterocycles. The number of likely N-dealkylation sites (tertiary alicyclic amines) is 1. The molecule has 0 unspecified atom stereocenters. The third-order valence-electron chi connectivity index (χ3n) is 5.73. The Hall–Kier alpha value is -1.60. The second kappa shape index (κ2) is 8.19. The second-order valence-electron chi connectivity index (χ2n) is 7.95. The van der Waals surface area contributed by atoms with E-state index >= 15 is 0 Å². The van der Waals surface area contributed by atoms with Crippen LogP contribution in [0.15, 0.2) is 23.1 Å². The molecule has 1 aromatic rings. The quantitative estimate of drug-likeness (QED) is 0.787. The Morgan fingerprint density at radius 2 is 1.78 bits per heavy atom. The van der Waals surface area contributed by atoms with Gasteiger partial charge in [0.15, 0.2) is 0 Å². The average molecular weight is 395 g/mol. The standard InChI is InChI=1S/C20H30N2O4S/c1-15-8-11-21(12-9-15)20(23)18-13-17(6-7-19(18)26-3)27(24,25)22-10-4-5-16(2)14-22/h6-7,13,15-16H,4-5,8-12,14H2,1-3H3/t16-/m1/s1. The number of sulfonamides is 1. The summed E-state index contributed by atoms with van der Waals surface area (Å²) in [6.45, 7) is 6.72. The lowest BCUT2D eigenvalue weighted by Gasteiger charge is -2.31. The predicted octanol–water partition coefficient (Wildman–Crippen LogP) is 2.99. The van der Waals surface area contributed by atoms with E-state index in [1.807, 2.05) is 0 Å². The Morgan fingerprint density at radius 1 is 1.07 bits per heavy atom. The van der Waals surface area contributed by atoms with Crippen molar-refractivity contribution < 1.29 is 17.9 Å². The lowest BCUT2D eigenvalue weighted by atomic mass is 9.98. The van der Waals surface area contributed by atoms with Crippen molar-refractivity contribution in [2.24, 2.45) is 11.8 Å². The number of ether oxygens (including phenoxy) is 1. The number of carbonyl (C=O) groups excluding carboxylic acids is 1. The normalized spacial score (nSPS) is 22.6. The van der Waals surface area contributed by atoms with Crippen LogP contribution in [0.1, 0.15) is 49.9 Å². The van der Waals surface area contributed by atoms with Gasteiger partial charge in [0.25, 0.3) is 5.91 Å². The lowest BCUT2D eigenvalue weighted by molar-refractivity contribution is 0.0693. The Labute approximate surface area is 162 Å². The topological polar surface area (TPSA) is 66.9 Å². The van der Waals surface area contributed by atoms with Crippen LogP contribution in [-0.4, -0.2) is 56.8 Å². The molecule has 2 aliphatic heterocycles. The smallest absolute Gasteiger partial charge is 0.257 e. The minimum atomic E-state index is -3.61. The molecule has 1 amide bonds. The zero-order valence-corrected chi connectivity index (χ0v) is 17.3. The van der Waals surface area contributed by atoms with Crippen molar-refractivity contribution in [2.45, 2.75) is 44.4 Å². The molecule has 27 heavy (non-hydrogen) atoms. The third-order valence-corrected chi connectivity index (χ3v) is 7.59. The molecular weight excluding hydrogens is 364 g/mol. The maximum Gasteiger partial charge on any atom is 0.257 e. The fourth-order valence-electron chi connectivity index (χ4n) is 3.91. The van der Waals surface area contributed by atoms with E-state index < -0.39 is 10.0 Å². The van der Waals surface area contributed by atoms with Crippen molar-refractivity contribution in [2.75, 3.05) is 33.3 Å². The number of piperidine rings is 2. The van der Waals surface area contributed by atoms with Gasteiger partial charge in [-0.2, -0.15) is 4.31 Å². The highest BCUT2D eigenvalue weighted by molar-refractivity contribution is 7.89. The van der Waals surface area contributed by atoms with Crippen molar-refractivity contribution in [3.05, 3.63) is 23.8 Å². The average Bonchev–Trinajstić information content (AvgIpc) is 2.67. The number of methoxy groups -OCH3 is 1. The Balaban J connectivity index is 1.90. The first-order valence-corrected chi connectivity index (χ1v) is 11.2. The largest absolute Gasteiger partial charge is 0.496 e. The molecule has 150 valence electrons. The van der Waals surface area contributed by atoms with Crippen LogP contribution in [0.5, 0.6) is 5.75 Å². The van der Waals surface area contributed by atoms with E-state index in [1.54, 1.807) is 21.3 Å². The van der Waals surface area contributed by atoms with Gasteiger partial charge >= 0.3 is 0 Å². The van der Waals surface area contributed by atoms with Crippen LogP contribution in [0.4, 0.5) is 0 Å². The van der Waals surface area contributed by atoms with Crippen molar-refractivity contribution in [3.8, 4) is 5.75 Å². The minimum absolute atomic E-state index is 0.150. The maximum atomic E-state index is 13.1. The summed E-state index contributed by atoms with van der Waals surface area (Å²) < 4.78 is 33.1. The van der Waals surface area contributed by atoms with E-state index in [2.05, 4.69) is 13.8 Å². The summed E-state index contributed by atoms with van der Waals surface area (Å²) in [5, 5.41) is 0. The van der Waals surface area contributed by atoms with Gasteiger partial charge in [-0.15, -0.1) is 0 Å². The first-order valence-electron chi connectivity index (χ1n) is 9.80. The molecule has 0 radical (unpaired) electrons. The number of benzene rings is 1. The van der Waals surface area contributed by atoms with Gasteiger partial charge in [0.2, 0.25) is 10.0 Å². The molecule has 0 bridgehead atoms. The number of amides is 1. The first-order chi connectivity index (χ1) is 12.8. The molecule has 1 atom stereocenters. The summed E-state index contributed by atoms with van der Waals surface area (Å²) in [5.74, 6) is 1.24. The fraction of sp³-hybridized carbons (Fsp3) is 0.650. The van der Waals surface area contributed by atoms with Gasteiger partial charge in [-0.1, -0.05) is 13.8 Å². The van der Waals surface area contributed by atoms with Gasteiger partial charge in [0, 0.05) is 26.2 Å². The SMILES string of the molecule is COc1ccc(S(=O)(=O)N2CCC[C@@H](C)C2)cc1C(=O)N1CCC(C)CC1. The molecule has 2 saturated heterocycles. The molecule has 0 aliphatic carbocycles. The lowest BCUT2D eigenvalue weighted by Crippen LogP contribution is -2.39. The van der Waals surface area contributed by atoms with Crippen molar-refractivity contribution in [3.63, 3.8) is 0 Å². The van der Waals surface area contributed by atoms with Gasteiger partial charge in [0.05, 0.1) is 17.6 Å². The third kappa shape index (κ3) is 4.29. The van der Waals surface area contributed by atoms with Gasteiger partial charge in [-0.25, -0.2) is 8.42 Å². The summed E-state index contributed by atoms with van der Waals surface area (Å²) >= 11 is 0. The number of rotatable bonds is 4. The summed E-state index contributed by atoms with van der Waals surface area (Å²) in [6.07, 6.45) is 3.86. The second-order valence-corrected chi connectivity index (χ2v) is 9.89. The number of nitrogens with zero attached hydrogens (tertiary/aromatic N) is 2. The Kier molecular flexibility index (Phi) is 6.11. The molecule has 7 heteroatoms. The van der Waals surface area contributed by atoms with Crippen molar-refractivity contribution in [1.29, 1.82) is 0 Å². The molecule has 0 spiro atoms. The van der Waals surface area contributed by atoms with Gasteiger partial charge in [-0.3, -0.25) is 4.79 Å². The molecule has 2 fully saturated rings. The fourth-order valence-corrected chi connectivity index (χ4v) is 5.54. The van der Waals surface area contributed by atoms with E-state index in [1.165, 1.54) is 13.2 Å². The van der Waals surface area contributed by atoms with Crippen LogP contribution in [0.25, 0.3) is 0 Å². The van der Waals surface area contributed by atoms with E-state index in [4.69, 9.17) is 4.74 Å². The summed E-state index contributed by atoms with van der Waals surface area (Å²) in [4.78, 5) is 15.0. The minimum Gasteiger partial charge on any atom is -0.496 e. The molecule has 2 heterocycles. The molecule has 0 saturated carbocycles. The van der Waals surface area contributed by atoms with Crippen LogP contribution in [0.3, 0.4) is 0 Å². The number of carbonyl (C=O) groups is 1. The molecule has 2 aliphatic rings. The maximum absolute atomic E-state index is 13.1. The Bertz CT molecular complexity index is 785. The zero-order chi connectivity index (χ0) is 19.6. The zero-order valence-electron chi connectivity index (χ0n) is 16.5. The van der Waals surface area contributed by atoms with E-state index in [-0.39, 0.29) is 10.8 Å². The first kappa shape index (κ1) is 20.1. The van der Waals surface area contributed by atoms with Crippen LogP contribution in [0.2, 0.25) is 0 Å². The van der Waals surface area contributed by atoms with Crippen LogP contribution in [0, 0.1) is 11.8 Å². The molecular formula is C20H30N2O4S. The van der Waals surface area contributed by atoms with Crippen molar-refractivity contribution in [1.82, 2.24) is 9.21 Å². The van der Waals surface area contributed by atoms with Gasteiger partial charge in [-0.05, 0) is 55.7 Å². The molecule has 6 nitrogen and oxygen atoms in total. The monoisotopic (exact) mass is 394 g/mol. The van der Waals surface area contributed by atoms with Crippen LogP contribution >= 0.6 is 0 Å². The van der Waals surface area contributed by atoms with Crippen LogP contribution < -0.4 is 4.74 Å². The van der Waals surface area contributed by atoms with Crippen LogP contribution in [-0.2, 0) is 10.0 Å². The molecule has 0 N–H and O–H groups in total. The van der Waals surface area contributed by atoms with E-state index in [9.17, 15) is 13.2 Å². The van der Waals surface area contributed by atoms with E-state index in [0.29, 0.717) is 49.3 Å². The highest BCUT2D eigenvalue weighted by atomic mass is 32.2. The number of hydrogen-bond acceptors (Lipinski definition) is 4. The highest BCUT2D eigenvalue weighted by Gasteiger charge is 2.31. The molecule has 3 rings (SSSR count). The van der Waals surface area contributed by atoms with E-state index in [0.717, 1.165) is 25.7 Å². The Morgan fingerprint density at radius 3 is 2.41 bits per heavy atom. The molecule has 1 aromatic carbocycles. The number of hydrogen-bond donors (Lipinski definition) is 0. The summed E-state index contributed by atoms with van der Waals surface area (Å²) in [6, 6.07) is 4.64. The van der Waals surface area contributed by atoms with Gasteiger partial charge < -0.3 is 9.64 Å².